The predicted octanol–water partition coefficient (Wildman–Crippen LogP) is 3.45. The maximum Gasteiger partial charge on any atom is 0.218 e. The lowest BCUT2D eigenvalue weighted by atomic mass is 9.85. The van der Waals surface area contributed by atoms with Crippen LogP contribution in [0.3, 0.4) is 0 Å². The first-order valence-electron chi connectivity index (χ1n) is 7.07. The number of hydrogen-bond donors (Lipinski definition) is 1. The summed E-state index contributed by atoms with van der Waals surface area (Å²) in [5.74, 6) is 1.54. The Balaban J connectivity index is 2.04. The highest BCUT2D eigenvalue weighted by Gasteiger charge is 2.23. The second-order valence-corrected chi connectivity index (χ2v) is 5.37. The van der Waals surface area contributed by atoms with Crippen molar-refractivity contribution in [1.82, 2.24) is 4.98 Å². The summed E-state index contributed by atoms with van der Waals surface area (Å²) in [6.07, 6.45) is 8.26. The van der Waals surface area contributed by atoms with Crippen LogP contribution in [-0.4, -0.2) is 11.1 Å². The number of nitrogens with two attached hydrogens (primary N) is 1. The van der Waals surface area contributed by atoms with E-state index in [9.17, 15) is 0 Å². The second-order valence-electron chi connectivity index (χ2n) is 5.37. The van der Waals surface area contributed by atoms with E-state index < -0.39 is 0 Å². The van der Waals surface area contributed by atoms with Crippen LogP contribution >= 0.6 is 0 Å². The average molecular weight is 248 g/mol. The third-order valence-corrected chi connectivity index (χ3v) is 3.88. The van der Waals surface area contributed by atoms with Gasteiger partial charge in [0, 0.05) is 17.8 Å². The number of hydrogen-bond acceptors (Lipinski definition) is 3. The molecule has 0 saturated heterocycles. The van der Waals surface area contributed by atoms with E-state index in [-0.39, 0.29) is 6.04 Å². The summed E-state index contributed by atoms with van der Waals surface area (Å²) >= 11 is 0. The van der Waals surface area contributed by atoms with Crippen molar-refractivity contribution in [1.29, 1.82) is 0 Å². The number of nitrogens with zero attached hydrogens (tertiary/aromatic N) is 1. The van der Waals surface area contributed by atoms with E-state index in [1.54, 1.807) is 6.20 Å². The van der Waals surface area contributed by atoms with E-state index in [4.69, 9.17) is 10.5 Å². The monoisotopic (exact) mass is 248 g/mol. The maximum atomic E-state index is 6.09. The molecule has 1 heterocycles. The SMILES string of the molecule is CCC1CCCC(Oc2ncccc2C(C)N)C1. The van der Waals surface area contributed by atoms with Crippen LogP contribution in [0, 0.1) is 5.92 Å². The molecule has 1 saturated carbocycles. The first kappa shape index (κ1) is 13.3. The minimum Gasteiger partial charge on any atom is -0.474 e. The van der Waals surface area contributed by atoms with Crippen LogP contribution in [0.2, 0.25) is 0 Å². The molecule has 0 aliphatic heterocycles. The topological polar surface area (TPSA) is 48.1 Å². The molecule has 0 radical (unpaired) electrons. The average Bonchev–Trinajstić information content (AvgIpc) is 2.39. The zero-order valence-corrected chi connectivity index (χ0v) is 11.4. The summed E-state index contributed by atoms with van der Waals surface area (Å²) in [4.78, 5) is 4.34. The Hall–Kier alpha value is -1.09. The fraction of sp³-hybridized carbons (Fsp3) is 0.667. The first-order valence-corrected chi connectivity index (χ1v) is 7.07. The van der Waals surface area contributed by atoms with Gasteiger partial charge in [0.25, 0.3) is 0 Å². The molecule has 2 N–H and O–H groups in total. The van der Waals surface area contributed by atoms with Gasteiger partial charge in [0.05, 0.1) is 0 Å². The van der Waals surface area contributed by atoms with E-state index in [2.05, 4.69) is 11.9 Å². The highest BCUT2D eigenvalue weighted by Crippen LogP contribution is 2.30. The van der Waals surface area contributed by atoms with Gasteiger partial charge in [-0.05, 0) is 38.2 Å². The van der Waals surface area contributed by atoms with Gasteiger partial charge < -0.3 is 10.5 Å². The van der Waals surface area contributed by atoms with E-state index in [1.165, 1.54) is 19.3 Å². The van der Waals surface area contributed by atoms with E-state index >= 15 is 0 Å². The molecule has 0 amide bonds. The Morgan fingerprint density at radius 3 is 3.06 bits per heavy atom. The fourth-order valence-corrected chi connectivity index (χ4v) is 2.73. The highest BCUT2D eigenvalue weighted by atomic mass is 16.5. The quantitative estimate of drug-likeness (QED) is 0.887. The van der Waals surface area contributed by atoms with E-state index in [1.807, 2.05) is 19.1 Å². The molecule has 3 atom stereocenters. The Labute approximate surface area is 110 Å². The summed E-state index contributed by atoms with van der Waals surface area (Å²) in [5.41, 5.74) is 6.96. The molecule has 0 aromatic carbocycles. The third kappa shape index (κ3) is 3.22. The minimum absolute atomic E-state index is 0.0285. The number of ether oxygens (including phenoxy) is 1. The molecular formula is C15H24N2O. The van der Waals surface area contributed by atoms with Gasteiger partial charge in [0.2, 0.25) is 5.88 Å². The Kier molecular flexibility index (Phi) is 4.59. The lowest BCUT2D eigenvalue weighted by Gasteiger charge is -2.29. The predicted molar refractivity (Wildman–Crippen MR) is 73.5 cm³/mol. The number of aromatic nitrogens is 1. The maximum absolute atomic E-state index is 6.09. The van der Waals surface area contributed by atoms with E-state index in [0.717, 1.165) is 30.2 Å². The largest absolute Gasteiger partial charge is 0.474 e. The molecule has 1 aromatic heterocycles. The van der Waals surface area contributed by atoms with Crippen LogP contribution in [0.25, 0.3) is 0 Å². The van der Waals surface area contributed by atoms with Gasteiger partial charge in [-0.15, -0.1) is 0 Å². The summed E-state index contributed by atoms with van der Waals surface area (Å²) in [6.45, 7) is 4.24. The molecule has 1 aliphatic rings. The molecule has 2 rings (SSSR count). The van der Waals surface area contributed by atoms with Crippen LogP contribution in [0.4, 0.5) is 0 Å². The lowest BCUT2D eigenvalue weighted by molar-refractivity contribution is 0.115. The smallest absolute Gasteiger partial charge is 0.218 e. The molecule has 1 aromatic rings. The van der Waals surface area contributed by atoms with Gasteiger partial charge in [0.15, 0.2) is 0 Å². The standard InChI is InChI=1S/C15H24N2O/c1-3-12-6-4-7-13(10-12)18-15-14(11(2)16)8-5-9-17-15/h5,8-9,11-13H,3-4,6-7,10,16H2,1-2H3. The van der Waals surface area contributed by atoms with Crippen LogP contribution in [0.5, 0.6) is 5.88 Å². The summed E-state index contributed by atoms with van der Waals surface area (Å²) < 4.78 is 6.09. The molecule has 0 spiro atoms. The first-order chi connectivity index (χ1) is 8.70. The van der Waals surface area contributed by atoms with Crippen molar-refractivity contribution in [3.63, 3.8) is 0 Å². The van der Waals surface area contributed by atoms with Gasteiger partial charge in [-0.3, -0.25) is 0 Å². The van der Waals surface area contributed by atoms with Gasteiger partial charge in [-0.25, -0.2) is 4.98 Å². The molecule has 3 nitrogen and oxygen atoms in total. The van der Waals surface area contributed by atoms with Crippen LogP contribution in [0.15, 0.2) is 18.3 Å². The molecule has 18 heavy (non-hydrogen) atoms. The van der Waals surface area contributed by atoms with E-state index in [0.29, 0.717) is 6.10 Å². The van der Waals surface area contributed by atoms with Crippen LogP contribution < -0.4 is 10.5 Å². The van der Waals surface area contributed by atoms with Crippen molar-refractivity contribution < 1.29 is 4.74 Å². The van der Waals surface area contributed by atoms with Gasteiger partial charge in [-0.2, -0.15) is 0 Å². The lowest BCUT2D eigenvalue weighted by Crippen LogP contribution is -2.26. The van der Waals surface area contributed by atoms with Crippen molar-refractivity contribution in [2.45, 2.75) is 58.1 Å². The summed E-state index contributed by atoms with van der Waals surface area (Å²) in [5, 5.41) is 0. The third-order valence-electron chi connectivity index (χ3n) is 3.88. The highest BCUT2D eigenvalue weighted by molar-refractivity contribution is 5.28. The number of pyridine rings is 1. The minimum atomic E-state index is -0.0285. The molecule has 0 bridgehead atoms. The second kappa shape index (κ2) is 6.19. The Morgan fingerprint density at radius 1 is 1.50 bits per heavy atom. The molecule has 100 valence electrons. The van der Waals surface area contributed by atoms with Crippen molar-refractivity contribution in [3.05, 3.63) is 23.9 Å². The zero-order chi connectivity index (χ0) is 13.0. The fourth-order valence-electron chi connectivity index (χ4n) is 2.73. The number of rotatable bonds is 4. The Bertz CT molecular complexity index is 379. The molecule has 3 heteroatoms. The molecule has 1 aliphatic carbocycles. The molecule has 1 fully saturated rings. The normalized spacial score (nSPS) is 25.7. The van der Waals surface area contributed by atoms with Crippen molar-refractivity contribution in [2.24, 2.45) is 11.7 Å². The molecular weight excluding hydrogens is 224 g/mol. The van der Waals surface area contributed by atoms with Gasteiger partial charge in [0.1, 0.15) is 6.10 Å². The Morgan fingerprint density at radius 2 is 2.33 bits per heavy atom. The van der Waals surface area contributed by atoms with Crippen molar-refractivity contribution in [2.75, 3.05) is 0 Å². The van der Waals surface area contributed by atoms with Gasteiger partial charge >= 0.3 is 0 Å². The van der Waals surface area contributed by atoms with Crippen molar-refractivity contribution in [3.8, 4) is 5.88 Å². The summed E-state index contributed by atoms with van der Waals surface area (Å²) in [6, 6.07) is 3.90. The summed E-state index contributed by atoms with van der Waals surface area (Å²) in [7, 11) is 0. The zero-order valence-electron chi connectivity index (χ0n) is 11.4. The van der Waals surface area contributed by atoms with Crippen LogP contribution in [0.1, 0.15) is 57.6 Å². The van der Waals surface area contributed by atoms with Crippen molar-refractivity contribution >= 4 is 0 Å². The van der Waals surface area contributed by atoms with Gasteiger partial charge in [-0.1, -0.05) is 25.8 Å². The molecule has 3 unspecified atom stereocenters. The van der Waals surface area contributed by atoms with Crippen LogP contribution in [-0.2, 0) is 0 Å².